The highest BCUT2D eigenvalue weighted by Gasteiger charge is 2.21. The zero-order chi connectivity index (χ0) is 13.1. The van der Waals surface area contributed by atoms with Crippen LogP contribution in [0, 0.1) is 5.92 Å². The fourth-order valence-electron chi connectivity index (χ4n) is 2.53. The van der Waals surface area contributed by atoms with E-state index in [0.29, 0.717) is 6.04 Å². The van der Waals surface area contributed by atoms with E-state index in [2.05, 4.69) is 41.5 Å². The number of hydrogen-bond donors (Lipinski definition) is 1. The molecule has 20 heavy (non-hydrogen) atoms. The van der Waals surface area contributed by atoms with E-state index in [1.807, 2.05) is 12.4 Å². The number of pyridine rings is 1. The van der Waals surface area contributed by atoms with Gasteiger partial charge in [-0.1, -0.05) is 32.4 Å². The maximum Gasteiger partial charge on any atom is 0.0346 e. The lowest BCUT2D eigenvalue weighted by molar-refractivity contribution is 0.483. The average molecular weight is 270 g/mol. The van der Waals surface area contributed by atoms with Crippen LogP contribution >= 0.6 is 0 Å². The molecule has 1 aromatic heterocycles. The molecule has 1 atom stereocenters. The first-order chi connectivity index (χ1) is 9.31. The van der Waals surface area contributed by atoms with Gasteiger partial charge in [0.15, 0.2) is 0 Å². The standard InChI is InChI=1S/C17H22N2.CH4/c1-13(2-3-14-4-5-14)19-11-15-6-7-17-12-18-9-8-16(17)10-15;/h6-10,12-14,19H,2-5,11H2,1H3;1H4/t13-;/m1./s1. The molecule has 3 rings (SSSR count). The van der Waals surface area contributed by atoms with E-state index in [9.17, 15) is 0 Å². The van der Waals surface area contributed by atoms with Gasteiger partial charge in [0.25, 0.3) is 0 Å². The molecule has 1 fully saturated rings. The predicted molar refractivity (Wildman–Crippen MR) is 86.7 cm³/mol. The molecule has 1 saturated carbocycles. The normalized spacial score (nSPS) is 15.8. The number of hydrogen-bond acceptors (Lipinski definition) is 2. The van der Waals surface area contributed by atoms with Gasteiger partial charge in [0.05, 0.1) is 0 Å². The first-order valence-electron chi connectivity index (χ1n) is 7.37. The first-order valence-corrected chi connectivity index (χ1v) is 7.37. The van der Waals surface area contributed by atoms with Crippen molar-refractivity contribution in [3.05, 3.63) is 42.2 Å². The van der Waals surface area contributed by atoms with E-state index in [0.717, 1.165) is 12.5 Å². The topological polar surface area (TPSA) is 24.9 Å². The second-order valence-corrected chi connectivity index (χ2v) is 5.86. The molecule has 1 N–H and O–H groups in total. The highest BCUT2D eigenvalue weighted by molar-refractivity contribution is 5.81. The molecule has 0 amide bonds. The third-order valence-corrected chi connectivity index (χ3v) is 4.06. The first kappa shape index (κ1) is 15.0. The summed E-state index contributed by atoms with van der Waals surface area (Å²) in [5, 5.41) is 6.12. The van der Waals surface area contributed by atoms with Crippen molar-refractivity contribution in [3.63, 3.8) is 0 Å². The van der Waals surface area contributed by atoms with E-state index in [4.69, 9.17) is 0 Å². The quantitative estimate of drug-likeness (QED) is 0.833. The van der Waals surface area contributed by atoms with Crippen molar-refractivity contribution in [2.24, 2.45) is 5.92 Å². The minimum atomic E-state index is 0. The molecule has 108 valence electrons. The fraction of sp³-hybridized carbons (Fsp3) is 0.500. The van der Waals surface area contributed by atoms with Crippen LogP contribution in [0.4, 0.5) is 0 Å². The smallest absolute Gasteiger partial charge is 0.0346 e. The highest BCUT2D eigenvalue weighted by Crippen LogP contribution is 2.33. The van der Waals surface area contributed by atoms with Crippen LogP contribution in [0.15, 0.2) is 36.7 Å². The van der Waals surface area contributed by atoms with E-state index in [-0.39, 0.29) is 7.43 Å². The second kappa shape index (κ2) is 6.85. The van der Waals surface area contributed by atoms with E-state index < -0.39 is 0 Å². The summed E-state index contributed by atoms with van der Waals surface area (Å²) in [5.74, 6) is 1.04. The number of aromatic nitrogens is 1. The van der Waals surface area contributed by atoms with Crippen LogP contribution in [0.25, 0.3) is 10.8 Å². The number of nitrogens with zero attached hydrogens (tertiary/aromatic N) is 1. The van der Waals surface area contributed by atoms with Crippen molar-refractivity contribution in [2.75, 3.05) is 0 Å². The van der Waals surface area contributed by atoms with Gasteiger partial charge in [-0.2, -0.15) is 0 Å². The Labute approximate surface area is 122 Å². The van der Waals surface area contributed by atoms with Gasteiger partial charge in [-0.3, -0.25) is 4.98 Å². The largest absolute Gasteiger partial charge is 0.310 e. The molecule has 1 aliphatic carbocycles. The Morgan fingerprint density at radius 1 is 1.25 bits per heavy atom. The molecule has 1 aromatic carbocycles. The minimum absolute atomic E-state index is 0. The summed E-state index contributed by atoms with van der Waals surface area (Å²) in [6.45, 7) is 3.26. The minimum Gasteiger partial charge on any atom is -0.310 e. The Morgan fingerprint density at radius 3 is 2.90 bits per heavy atom. The SMILES string of the molecule is C.C[C@H](CCC1CC1)NCc1ccc2cnccc2c1. The molecule has 2 heteroatoms. The third-order valence-electron chi connectivity index (χ3n) is 4.06. The number of rotatable bonds is 6. The summed E-state index contributed by atoms with van der Waals surface area (Å²) in [6.07, 6.45) is 9.42. The summed E-state index contributed by atoms with van der Waals surface area (Å²) < 4.78 is 0. The van der Waals surface area contributed by atoms with Crippen LogP contribution in [0.5, 0.6) is 0 Å². The lowest BCUT2D eigenvalue weighted by atomic mass is 10.1. The Balaban J connectivity index is 0.00000147. The fourth-order valence-corrected chi connectivity index (χ4v) is 2.53. The molecule has 2 aromatic rings. The van der Waals surface area contributed by atoms with Crippen LogP contribution in [-0.2, 0) is 6.54 Å². The second-order valence-electron chi connectivity index (χ2n) is 5.86. The third kappa shape index (κ3) is 4.04. The van der Waals surface area contributed by atoms with E-state index >= 15 is 0 Å². The van der Waals surface area contributed by atoms with E-state index in [1.165, 1.54) is 42.0 Å². The molecule has 0 saturated heterocycles. The van der Waals surface area contributed by atoms with Crippen molar-refractivity contribution in [2.45, 2.75) is 52.6 Å². The molecule has 0 radical (unpaired) electrons. The predicted octanol–water partition coefficient (Wildman–Crippen LogP) is 4.54. The van der Waals surface area contributed by atoms with Crippen LogP contribution in [0.3, 0.4) is 0 Å². The van der Waals surface area contributed by atoms with Crippen molar-refractivity contribution in [1.29, 1.82) is 0 Å². The Morgan fingerprint density at radius 2 is 2.10 bits per heavy atom. The van der Waals surface area contributed by atoms with Gasteiger partial charge in [-0.15, -0.1) is 0 Å². The molecule has 0 aliphatic heterocycles. The number of fused-ring (bicyclic) bond motifs is 1. The zero-order valence-corrected chi connectivity index (χ0v) is 11.6. The van der Waals surface area contributed by atoms with Crippen molar-refractivity contribution in [3.8, 4) is 0 Å². The number of nitrogens with one attached hydrogen (secondary N) is 1. The Kier molecular flexibility index (Phi) is 5.13. The van der Waals surface area contributed by atoms with Crippen molar-refractivity contribution >= 4 is 10.8 Å². The van der Waals surface area contributed by atoms with E-state index in [1.54, 1.807) is 0 Å². The molecule has 1 aliphatic rings. The van der Waals surface area contributed by atoms with Gasteiger partial charge in [0.1, 0.15) is 0 Å². The average Bonchev–Trinajstić information content (AvgIpc) is 3.27. The Hall–Kier alpha value is -1.41. The monoisotopic (exact) mass is 270 g/mol. The van der Waals surface area contributed by atoms with Crippen LogP contribution in [0.2, 0.25) is 0 Å². The summed E-state index contributed by atoms with van der Waals surface area (Å²) in [7, 11) is 0. The van der Waals surface area contributed by atoms with Crippen molar-refractivity contribution in [1.82, 2.24) is 10.3 Å². The molecule has 0 unspecified atom stereocenters. The highest BCUT2D eigenvalue weighted by atomic mass is 14.9. The maximum absolute atomic E-state index is 4.15. The Bertz CT molecular complexity index is 546. The molecular formula is C18H26N2. The van der Waals surface area contributed by atoms with Gasteiger partial charge in [0, 0.05) is 30.4 Å². The molecular weight excluding hydrogens is 244 g/mol. The lowest BCUT2D eigenvalue weighted by Crippen LogP contribution is -2.25. The van der Waals surface area contributed by atoms with Gasteiger partial charge >= 0.3 is 0 Å². The summed E-state index contributed by atoms with van der Waals surface area (Å²) in [6, 6.07) is 9.32. The van der Waals surface area contributed by atoms with Crippen LogP contribution in [0.1, 0.15) is 45.6 Å². The summed E-state index contributed by atoms with van der Waals surface area (Å²) in [4.78, 5) is 4.15. The molecule has 0 bridgehead atoms. The maximum atomic E-state index is 4.15. The molecule has 0 spiro atoms. The molecule has 1 heterocycles. The molecule has 2 nitrogen and oxygen atoms in total. The van der Waals surface area contributed by atoms with Crippen molar-refractivity contribution < 1.29 is 0 Å². The van der Waals surface area contributed by atoms with Gasteiger partial charge < -0.3 is 5.32 Å². The van der Waals surface area contributed by atoms with Gasteiger partial charge in [0.2, 0.25) is 0 Å². The van der Waals surface area contributed by atoms with Gasteiger partial charge in [-0.05, 0) is 48.8 Å². The van der Waals surface area contributed by atoms with Crippen LogP contribution < -0.4 is 5.32 Å². The van der Waals surface area contributed by atoms with Crippen LogP contribution in [-0.4, -0.2) is 11.0 Å². The summed E-state index contributed by atoms with van der Waals surface area (Å²) in [5.41, 5.74) is 1.36. The number of benzene rings is 1. The summed E-state index contributed by atoms with van der Waals surface area (Å²) >= 11 is 0. The lowest BCUT2D eigenvalue weighted by Gasteiger charge is -2.13. The zero-order valence-electron chi connectivity index (χ0n) is 11.6. The van der Waals surface area contributed by atoms with Gasteiger partial charge in [-0.25, -0.2) is 0 Å².